The predicted molar refractivity (Wildman–Crippen MR) is 36.7 cm³/mol. The molecule has 0 spiro atoms. The molecule has 0 saturated carbocycles. The highest BCUT2D eigenvalue weighted by molar-refractivity contribution is 8.00. The smallest absolute Gasteiger partial charge is 0.130 e. The maximum Gasteiger partial charge on any atom is 0.208 e. The highest BCUT2D eigenvalue weighted by Gasteiger charge is 1.96. The zero-order valence-corrected chi connectivity index (χ0v) is 6.48. The highest BCUT2D eigenvalue weighted by Crippen LogP contribution is 2.22. The maximum absolute atomic E-state index is 5.47. The van der Waals surface area contributed by atoms with E-state index in [1.165, 1.54) is 11.3 Å². The van der Waals surface area contributed by atoms with Crippen LogP contribution in [0.5, 0.6) is 0 Å². The standard InChI is InChI=1S/C3H3ClN2S2/c1-7-3-6-5-2(4)8-3/h1H3. The summed E-state index contributed by atoms with van der Waals surface area (Å²) in [6.07, 6.45) is 1.94. The van der Waals surface area contributed by atoms with Gasteiger partial charge in [0, 0.05) is 0 Å². The topological polar surface area (TPSA) is 25.8 Å². The molecule has 0 unspecified atom stereocenters. The van der Waals surface area contributed by atoms with Crippen LogP contribution in [-0.2, 0) is 0 Å². The van der Waals surface area contributed by atoms with E-state index in [9.17, 15) is 0 Å². The summed E-state index contributed by atoms with van der Waals surface area (Å²) in [5.41, 5.74) is 0. The molecule has 0 bridgehead atoms. The zero-order valence-electron chi connectivity index (χ0n) is 4.09. The van der Waals surface area contributed by atoms with Gasteiger partial charge in [0.25, 0.3) is 0 Å². The fourth-order valence-electron chi connectivity index (χ4n) is 0.275. The number of rotatable bonds is 1. The second-order valence-electron chi connectivity index (χ2n) is 1.03. The summed E-state index contributed by atoms with van der Waals surface area (Å²) in [5.74, 6) is 0. The number of hydrogen-bond acceptors (Lipinski definition) is 4. The summed E-state index contributed by atoms with van der Waals surface area (Å²) >= 11 is 8.41. The molecule has 0 aliphatic carbocycles. The van der Waals surface area contributed by atoms with E-state index in [1.807, 2.05) is 6.26 Å². The first-order valence-electron chi connectivity index (χ1n) is 1.86. The van der Waals surface area contributed by atoms with Crippen molar-refractivity contribution in [2.24, 2.45) is 0 Å². The van der Waals surface area contributed by atoms with Gasteiger partial charge in [-0.05, 0) is 17.9 Å². The van der Waals surface area contributed by atoms with Crippen LogP contribution in [0.15, 0.2) is 4.34 Å². The molecule has 8 heavy (non-hydrogen) atoms. The van der Waals surface area contributed by atoms with E-state index in [-0.39, 0.29) is 0 Å². The fraction of sp³-hybridized carbons (Fsp3) is 0.333. The van der Waals surface area contributed by atoms with Gasteiger partial charge in [0.2, 0.25) is 4.47 Å². The van der Waals surface area contributed by atoms with E-state index in [1.54, 1.807) is 11.8 Å². The van der Waals surface area contributed by atoms with E-state index in [0.29, 0.717) is 4.47 Å². The molecular weight excluding hydrogens is 164 g/mol. The van der Waals surface area contributed by atoms with Crippen molar-refractivity contribution in [3.8, 4) is 0 Å². The molecule has 0 fully saturated rings. The van der Waals surface area contributed by atoms with Crippen molar-refractivity contribution in [2.75, 3.05) is 6.26 Å². The van der Waals surface area contributed by atoms with E-state index in [2.05, 4.69) is 10.2 Å². The minimum atomic E-state index is 0.509. The number of hydrogen-bond donors (Lipinski definition) is 0. The Morgan fingerprint density at radius 1 is 1.62 bits per heavy atom. The molecule has 2 nitrogen and oxygen atoms in total. The van der Waals surface area contributed by atoms with Crippen LogP contribution >= 0.6 is 34.7 Å². The third-order valence-corrected chi connectivity index (χ3v) is 2.55. The minimum Gasteiger partial charge on any atom is -0.130 e. The maximum atomic E-state index is 5.47. The molecule has 1 aromatic rings. The highest BCUT2D eigenvalue weighted by atomic mass is 35.5. The summed E-state index contributed by atoms with van der Waals surface area (Å²) < 4.78 is 1.42. The predicted octanol–water partition coefficient (Wildman–Crippen LogP) is 1.91. The lowest BCUT2D eigenvalue weighted by molar-refractivity contribution is 1.01. The normalized spacial score (nSPS) is 9.75. The van der Waals surface area contributed by atoms with Gasteiger partial charge in [0.15, 0.2) is 4.34 Å². The summed E-state index contributed by atoms with van der Waals surface area (Å²) in [4.78, 5) is 0. The first kappa shape index (κ1) is 6.32. The number of halogens is 1. The third-order valence-electron chi connectivity index (χ3n) is 0.556. The largest absolute Gasteiger partial charge is 0.208 e. The van der Waals surface area contributed by atoms with Crippen molar-refractivity contribution in [1.82, 2.24) is 10.2 Å². The average molecular weight is 167 g/mol. The van der Waals surface area contributed by atoms with Crippen LogP contribution in [-0.4, -0.2) is 16.5 Å². The lowest BCUT2D eigenvalue weighted by atomic mass is 11.6. The second-order valence-corrected chi connectivity index (χ2v) is 3.64. The van der Waals surface area contributed by atoms with Gasteiger partial charge < -0.3 is 0 Å². The first-order chi connectivity index (χ1) is 3.83. The van der Waals surface area contributed by atoms with Crippen LogP contribution in [0.25, 0.3) is 0 Å². The number of aromatic nitrogens is 2. The van der Waals surface area contributed by atoms with Crippen molar-refractivity contribution >= 4 is 34.7 Å². The molecule has 5 heteroatoms. The number of nitrogens with zero attached hydrogens (tertiary/aromatic N) is 2. The minimum absolute atomic E-state index is 0.509. The lowest BCUT2D eigenvalue weighted by Crippen LogP contribution is -1.65. The van der Waals surface area contributed by atoms with Gasteiger partial charge in [-0.3, -0.25) is 0 Å². The van der Waals surface area contributed by atoms with Crippen LogP contribution in [0.3, 0.4) is 0 Å². The molecule has 0 amide bonds. The third kappa shape index (κ3) is 1.34. The van der Waals surface area contributed by atoms with Crippen LogP contribution < -0.4 is 0 Å². The van der Waals surface area contributed by atoms with Crippen LogP contribution in [0, 0.1) is 0 Å². The Bertz CT molecular complexity index is 176. The lowest BCUT2D eigenvalue weighted by Gasteiger charge is -1.74. The van der Waals surface area contributed by atoms with Gasteiger partial charge in [0.05, 0.1) is 0 Å². The van der Waals surface area contributed by atoms with Crippen molar-refractivity contribution in [2.45, 2.75) is 4.34 Å². The van der Waals surface area contributed by atoms with Gasteiger partial charge in [-0.15, -0.1) is 10.2 Å². The summed E-state index contributed by atoms with van der Waals surface area (Å²) in [7, 11) is 0. The van der Waals surface area contributed by atoms with Crippen LogP contribution in [0.4, 0.5) is 0 Å². The molecule has 0 saturated heterocycles. The Morgan fingerprint density at radius 2 is 2.38 bits per heavy atom. The van der Waals surface area contributed by atoms with Gasteiger partial charge in [0.1, 0.15) is 0 Å². The molecule has 0 aliphatic rings. The average Bonchev–Trinajstić information content (AvgIpc) is 2.14. The summed E-state index contributed by atoms with van der Waals surface area (Å²) in [5, 5.41) is 7.33. The molecule has 1 aromatic heterocycles. The molecular formula is C3H3ClN2S2. The first-order valence-corrected chi connectivity index (χ1v) is 4.28. The molecule has 0 aromatic carbocycles. The molecule has 1 rings (SSSR count). The Morgan fingerprint density at radius 3 is 2.62 bits per heavy atom. The Balaban J connectivity index is 2.84. The van der Waals surface area contributed by atoms with E-state index in [0.717, 1.165) is 4.34 Å². The number of thioether (sulfide) groups is 1. The van der Waals surface area contributed by atoms with Gasteiger partial charge >= 0.3 is 0 Å². The molecule has 0 radical (unpaired) electrons. The van der Waals surface area contributed by atoms with Crippen molar-refractivity contribution in [3.05, 3.63) is 4.47 Å². The van der Waals surface area contributed by atoms with Crippen LogP contribution in [0.1, 0.15) is 0 Å². The fourth-order valence-corrected chi connectivity index (χ4v) is 1.67. The second kappa shape index (κ2) is 2.66. The van der Waals surface area contributed by atoms with Crippen molar-refractivity contribution < 1.29 is 0 Å². The van der Waals surface area contributed by atoms with Crippen molar-refractivity contribution in [1.29, 1.82) is 0 Å². The van der Waals surface area contributed by atoms with Gasteiger partial charge in [-0.25, -0.2) is 0 Å². The van der Waals surface area contributed by atoms with E-state index >= 15 is 0 Å². The van der Waals surface area contributed by atoms with Gasteiger partial charge in [-0.2, -0.15) is 0 Å². The van der Waals surface area contributed by atoms with Crippen LogP contribution in [0.2, 0.25) is 4.47 Å². The zero-order chi connectivity index (χ0) is 5.98. The molecule has 44 valence electrons. The molecule has 0 atom stereocenters. The molecule has 0 aliphatic heterocycles. The van der Waals surface area contributed by atoms with E-state index in [4.69, 9.17) is 11.6 Å². The molecule has 0 N–H and O–H groups in total. The SMILES string of the molecule is CSc1nnc(Cl)s1. The Labute approximate surface area is 60.3 Å². The van der Waals surface area contributed by atoms with Gasteiger partial charge in [-0.1, -0.05) is 23.1 Å². The summed E-state index contributed by atoms with van der Waals surface area (Å²) in [6, 6.07) is 0. The Hall–Kier alpha value is 0.200. The summed E-state index contributed by atoms with van der Waals surface area (Å²) in [6.45, 7) is 0. The quantitative estimate of drug-likeness (QED) is 0.597. The molecule has 1 heterocycles. The van der Waals surface area contributed by atoms with Crippen molar-refractivity contribution in [3.63, 3.8) is 0 Å². The Kier molecular flexibility index (Phi) is 2.10. The van der Waals surface area contributed by atoms with E-state index < -0.39 is 0 Å². The monoisotopic (exact) mass is 166 g/mol.